The summed E-state index contributed by atoms with van der Waals surface area (Å²) in [6, 6.07) is 2.29. The van der Waals surface area contributed by atoms with E-state index in [0.29, 0.717) is 19.0 Å². The SMILES string of the molecule is CCn1ccnc1C(Nc1ccc(C(F)(F)F)cn1)C1CCOCC1. The molecule has 136 valence electrons. The number of alkyl halides is 3. The number of aromatic nitrogens is 3. The molecule has 5 nitrogen and oxygen atoms in total. The van der Waals surface area contributed by atoms with Gasteiger partial charge in [-0.2, -0.15) is 13.2 Å². The highest BCUT2D eigenvalue weighted by Crippen LogP contribution is 2.33. The zero-order valence-corrected chi connectivity index (χ0v) is 14.0. The minimum absolute atomic E-state index is 0.122. The Bertz CT molecular complexity index is 678. The Morgan fingerprint density at radius 1 is 1.28 bits per heavy atom. The molecule has 0 spiro atoms. The first-order valence-corrected chi connectivity index (χ1v) is 8.37. The maximum absolute atomic E-state index is 12.7. The zero-order valence-electron chi connectivity index (χ0n) is 14.0. The highest BCUT2D eigenvalue weighted by molar-refractivity contribution is 5.38. The van der Waals surface area contributed by atoms with Crippen molar-refractivity contribution in [1.29, 1.82) is 0 Å². The number of rotatable bonds is 5. The second kappa shape index (κ2) is 7.43. The van der Waals surface area contributed by atoms with E-state index in [0.717, 1.165) is 37.5 Å². The third-order valence-corrected chi connectivity index (χ3v) is 4.50. The summed E-state index contributed by atoms with van der Waals surface area (Å²) >= 11 is 0. The Kier molecular flexibility index (Phi) is 5.27. The molecule has 1 fully saturated rings. The molecule has 0 radical (unpaired) electrons. The second-order valence-corrected chi connectivity index (χ2v) is 6.07. The molecule has 0 amide bonds. The van der Waals surface area contributed by atoms with Gasteiger partial charge in [-0.15, -0.1) is 0 Å². The van der Waals surface area contributed by atoms with Crippen molar-refractivity contribution in [1.82, 2.24) is 14.5 Å². The highest BCUT2D eigenvalue weighted by atomic mass is 19.4. The number of hydrogen-bond donors (Lipinski definition) is 1. The molecule has 1 atom stereocenters. The molecular formula is C17H21F3N4O. The lowest BCUT2D eigenvalue weighted by molar-refractivity contribution is -0.137. The number of pyridine rings is 1. The van der Waals surface area contributed by atoms with Crippen LogP contribution < -0.4 is 5.32 Å². The summed E-state index contributed by atoms with van der Waals surface area (Å²) in [6.07, 6.45) is 1.86. The predicted octanol–water partition coefficient (Wildman–Crippen LogP) is 3.90. The Morgan fingerprint density at radius 2 is 2.04 bits per heavy atom. The van der Waals surface area contributed by atoms with Crippen LogP contribution in [0.5, 0.6) is 0 Å². The van der Waals surface area contributed by atoms with Gasteiger partial charge in [-0.3, -0.25) is 0 Å². The van der Waals surface area contributed by atoms with E-state index >= 15 is 0 Å². The molecule has 0 aromatic carbocycles. The number of nitrogens with one attached hydrogen (secondary N) is 1. The van der Waals surface area contributed by atoms with Crippen LogP contribution in [0.25, 0.3) is 0 Å². The lowest BCUT2D eigenvalue weighted by atomic mass is 9.91. The van der Waals surface area contributed by atoms with Gasteiger partial charge in [0.05, 0.1) is 11.6 Å². The average Bonchev–Trinajstić information content (AvgIpc) is 3.08. The van der Waals surface area contributed by atoms with E-state index in [9.17, 15) is 13.2 Å². The van der Waals surface area contributed by atoms with Gasteiger partial charge in [-0.1, -0.05) is 0 Å². The fraction of sp³-hybridized carbons (Fsp3) is 0.529. The maximum Gasteiger partial charge on any atom is 0.417 e. The molecule has 3 heterocycles. The smallest absolute Gasteiger partial charge is 0.381 e. The summed E-state index contributed by atoms with van der Waals surface area (Å²) in [5, 5.41) is 3.29. The largest absolute Gasteiger partial charge is 0.417 e. The van der Waals surface area contributed by atoms with Gasteiger partial charge in [0.2, 0.25) is 0 Å². The lowest BCUT2D eigenvalue weighted by Gasteiger charge is -2.31. The third-order valence-electron chi connectivity index (χ3n) is 4.50. The van der Waals surface area contributed by atoms with E-state index in [1.54, 1.807) is 6.20 Å². The van der Waals surface area contributed by atoms with Crippen molar-refractivity contribution < 1.29 is 17.9 Å². The van der Waals surface area contributed by atoms with E-state index in [4.69, 9.17) is 4.74 Å². The number of anilines is 1. The van der Waals surface area contributed by atoms with Gasteiger partial charge < -0.3 is 14.6 Å². The molecule has 2 aromatic rings. The molecular weight excluding hydrogens is 333 g/mol. The van der Waals surface area contributed by atoms with Crippen molar-refractivity contribution in [3.05, 3.63) is 42.1 Å². The lowest BCUT2D eigenvalue weighted by Crippen LogP contribution is -2.29. The van der Waals surface area contributed by atoms with Crippen LogP contribution in [0.15, 0.2) is 30.7 Å². The highest BCUT2D eigenvalue weighted by Gasteiger charge is 2.32. The van der Waals surface area contributed by atoms with Crippen molar-refractivity contribution in [2.24, 2.45) is 5.92 Å². The Balaban J connectivity index is 1.84. The van der Waals surface area contributed by atoms with Crippen LogP contribution in [0.3, 0.4) is 0 Å². The van der Waals surface area contributed by atoms with Crippen LogP contribution >= 0.6 is 0 Å². The molecule has 0 bridgehead atoms. The molecule has 8 heteroatoms. The minimum atomic E-state index is -4.38. The summed E-state index contributed by atoms with van der Waals surface area (Å²) in [6.45, 7) is 4.16. The standard InChI is InChI=1S/C17H21F3N4O/c1-2-24-8-7-21-16(24)15(12-5-9-25-10-6-12)23-14-4-3-13(11-22-14)17(18,19)20/h3-4,7-8,11-12,15H,2,5-6,9-10H2,1H3,(H,22,23). The molecule has 1 saturated heterocycles. The third kappa shape index (κ3) is 4.12. The van der Waals surface area contributed by atoms with E-state index in [2.05, 4.69) is 15.3 Å². The number of hydrogen-bond acceptors (Lipinski definition) is 4. The number of ether oxygens (including phenoxy) is 1. The van der Waals surface area contributed by atoms with Crippen molar-refractivity contribution >= 4 is 5.82 Å². The van der Waals surface area contributed by atoms with Gasteiger partial charge in [0.1, 0.15) is 11.6 Å². The Hall–Kier alpha value is -2.09. The van der Waals surface area contributed by atoms with E-state index in [-0.39, 0.29) is 12.0 Å². The van der Waals surface area contributed by atoms with E-state index in [1.807, 2.05) is 17.7 Å². The number of nitrogens with zero attached hydrogens (tertiary/aromatic N) is 3. The van der Waals surface area contributed by atoms with Gasteiger partial charge in [0.15, 0.2) is 0 Å². The van der Waals surface area contributed by atoms with E-state index < -0.39 is 11.7 Å². The van der Waals surface area contributed by atoms with Crippen molar-refractivity contribution in [2.45, 2.75) is 38.5 Å². The van der Waals surface area contributed by atoms with Gasteiger partial charge in [-0.05, 0) is 37.8 Å². The van der Waals surface area contributed by atoms with Gasteiger partial charge in [0.25, 0.3) is 0 Å². The van der Waals surface area contributed by atoms with Crippen molar-refractivity contribution in [3.8, 4) is 0 Å². The first-order valence-electron chi connectivity index (χ1n) is 8.37. The maximum atomic E-state index is 12.7. The topological polar surface area (TPSA) is 52.0 Å². The van der Waals surface area contributed by atoms with Crippen LogP contribution in [0, 0.1) is 5.92 Å². The van der Waals surface area contributed by atoms with Crippen LogP contribution in [0.2, 0.25) is 0 Å². The molecule has 2 aromatic heterocycles. The van der Waals surface area contributed by atoms with Crippen LogP contribution in [0.4, 0.5) is 19.0 Å². The first kappa shape index (κ1) is 17.7. The van der Waals surface area contributed by atoms with Crippen molar-refractivity contribution in [2.75, 3.05) is 18.5 Å². The summed E-state index contributed by atoms with van der Waals surface area (Å²) in [5.74, 6) is 1.57. The van der Waals surface area contributed by atoms with E-state index in [1.165, 1.54) is 6.07 Å². The van der Waals surface area contributed by atoms with Crippen molar-refractivity contribution in [3.63, 3.8) is 0 Å². The summed E-state index contributed by atoms with van der Waals surface area (Å²) < 4.78 is 45.6. The second-order valence-electron chi connectivity index (χ2n) is 6.07. The van der Waals surface area contributed by atoms with Crippen LogP contribution in [0.1, 0.15) is 37.2 Å². The molecule has 25 heavy (non-hydrogen) atoms. The summed E-state index contributed by atoms with van der Waals surface area (Å²) in [5.41, 5.74) is -0.754. The summed E-state index contributed by atoms with van der Waals surface area (Å²) in [7, 11) is 0. The average molecular weight is 354 g/mol. The fourth-order valence-corrected chi connectivity index (χ4v) is 3.12. The quantitative estimate of drug-likeness (QED) is 0.885. The van der Waals surface area contributed by atoms with Crippen LogP contribution in [-0.2, 0) is 17.5 Å². The molecule has 0 aliphatic carbocycles. The van der Waals surface area contributed by atoms with Gasteiger partial charge in [-0.25, -0.2) is 9.97 Å². The van der Waals surface area contributed by atoms with Gasteiger partial charge >= 0.3 is 6.18 Å². The molecule has 1 unspecified atom stereocenters. The number of aryl methyl sites for hydroxylation is 1. The Morgan fingerprint density at radius 3 is 2.64 bits per heavy atom. The van der Waals surface area contributed by atoms with Gasteiger partial charge in [0, 0.05) is 38.3 Å². The Labute approximate surface area is 144 Å². The number of imidazole rings is 1. The zero-order chi connectivity index (χ0) is 17.9. The molecule has 1 aliphatic rings. The fourth-order valence-electron chi connectivity index (χ4n) is 3.12. The predicted molar refractivity (Wildman–Crippen MR) is 87.0 cm³/mol. The molecule has 1 aliphatic heterocycles. The first-order chi connectivity index (χ1) is 12.0. The van der Waals surface area contributed by atoms with Crippen LogP contribution in [-0.4, -0.2) is 27.7 Å². The monoisotopic (exact) mass is 354 g/mol. The number of halogens is 3. The molecule has 1 N–H and O–H groups in total. The summed E-state index contributed by atoms with van der Waals surface area (Å²) in [4.78, 5) is 8.41. The molecule has 3 rings (SSSR count). The minimum Gasteiger partial charge on any atom is -0.381 e. The molecule has 0 saturated carbocycles. The normalized spacial score (nSPS) is 17.4.